The van der Waals surface area contributed by atoms with Crippen molar-refractivity contribution in [3.8, 4) is 0 Å². The molecular formula is C13H16N2O2S. The van der Waals surface area contributed by atoms with Crippen molar-refractivity contribution >= 4 is 15.9 Å². The third kappa shape index (κ3) is 1.88. The molecule has 18 heavy (non-hydrogen) atoms. The quantitative estimate of drug-likeness (QED) is 0.852. The molecule has 0 saturated heterocycles. The second-order valence-electron chi connectivity index (χ2n) is 4.80. The summed E-state index contributed by atoms with van der Waals surface area (Å²) in [6.07, 6.45) is 4.06. The van der Waals surface area contributed by atoms with E-state index in [9.17, 15) is 8.42 Å². The van der Waals surface area contributed by atoms with Crippen LogP contribution in [0.4, 0.5) is 0 Å². The molecule has 1 fully saturated rings. The molecule has 3 N–H and O–H groups in total. The highest BCUT2D eigenvalue weighted by Crippen LogP contribution is 2.34. The zero-order valence-electron chi connectivity index (χ0n) is 10.0. The molecule has 96 valence electrons. The van der Waals surface area contributed by atoms with Crippen LogP contribution in [0, 0.1) is 0 Å². The molecule has 0 amide bonds. The van der Waals surface area contributed by atoms with Crippen molar-refractivity contribution in [2.45, 2.75) is 30.3 Å². The van der Waals surface area contributed by atoms with Crippen molar-refractivity contribution in [1.29, 1.82) is 0 Å². The first-order chi connectivity index (χ1) is 8.63. The smallest absolute Gasteiger partial charge is 0.204 e. The second-order valence-corrected chi connectivity index (χ2v) is 6.77. The minimum absolute atomic E-state index is 0.360. The van der Waals surface area contributed by atoms with Gasteiger partial charge in [0.2, 0.25) is 9.84 Å². The summed E-state index contributed by atoms with van der Waals surface area (Å²) >= 11 is 0. The minimum Gasteiger partial charge on any atom is -0.326 e. The lowest BCUT2D eigenvalue weighted by Crippen LogP contribution is -2.21. The van der Waals surface area contributed by atoms with E-state index in [-0.39, 0.29) is 0 Å². The van der Waals surface area contributed by atoms with Crippen molar-refractivity contribution in [3.63, 3.8) is 0 Å². The van der Waals surface area contributed by atoms with Gasteiger partial charge in [0, 0.05) is 19.1 Å². The van der Waals surface area contributed by atoms with Gasteiger partial charge in [-0.05, 0) is 36.1 Å². The number of rotatable bonds is 4. The highest BCUT2D eigenvalue weighted by Gasteiger charge is 2.31. The molecule has 1 aliphatic carbocycles. The molecule has 4 nitrogen and oxygen atoms in total. The lowest BCUT2D eigenvalue weighted by Gasteiger charge is -2.05. The number of benzene rings is 1. The maximum absolute atomic E-state index is 12.3. The Morgan fingerprint density at radius 2 is 2.11 bits per heavy atom. The standard InChI is InChI=1S/C13H16N2O2S/c14-7-9-2-1-3-13-12(9)6-11(18(13,16)17)8-15-10-4-5-10/h1-3,6,10,15H,4-5,7-8,14H2. The zero-order valence-corrected chi connectivity index (χ0v) is 10.8. The van der Waals surface area contributed by atoms with Crippen LogP contribution >= 0.6 is 0 Å². The molecule has 1 heterocycles. The van der Waals surface area contributed by atoms with Gasteiger partial charge in [0.05, 0.1) is 9.80 Å². The zero-order chi connectivity index (χ0) is 12.8. The molecule has 1 aromatic rings. The van der Waals surface area contributed by atoms with Crippen LogP contribution in [0.5, 0.6) is 0 Å². The van der Waals surface area contributed by atoms with E-state index in [4.69, 9.17) is 5.73 Å². The van der Waals surface area contributed by atoms with Gasteiger partial charge in [-0.3, -0.25) is 0 Å². The molecule has 0 aromatic heterocycles. The van der Waals surface area contributed by atoms with Crippen LogP contribution in [0.15, 0.2) is 28.0 Å². The molecule has 0 atom stereocenters. The van der Waals surface area contributed by atoms with Crippen LogP contribution in [0.3, 0.4) is 0 Å². The molecule has 0 unspecified atom stereocenters. The molecular weight excluding hydrogens is 248 g/mol. The number of hydrogen-bond acceptors (Lipinski definition) is 4. The van der Waals surface area contributed by atoms with Crippen LogP contribution < -0.4 is 11.1 Å². The third-order valence-electron chi connectivity index (χ3n) is 3.46. The Hall–Kier alpha value is -1.17. The van der Waals surface area contributed by atoms with Crippen molar-refractivity contribution in [1.82, 2.24) is 5.32 Å². The van der Waals surface area contributed by atoms with Gasteiger partial charge < -0.3 is 11.1 Å². The topological polar surface area (TPSA) is 72.2 Å². The van der Waals surface area contributed by atoms with E-state index >= 15 is 0 Å². The highest BCUT2D eigenvalue weighted by atomic mass is 32.2. The number of nitrogens with one attached hydrogen (secondary N) is 1. The summed E-state index contributed by atoms with van der Waals surface area (Å²) in [5.74, 6) is 0. The van der Waals surface area contributed by atoms with Crippen LogP contribution in [0.2, 0.25) is 0 Å². The van der Waals surface area contributed by atoms with Gasteiger partial charge in [-0.25, -0.2) is 8.42 Å². The maximum Gasteiger partial charge on any atom is 0.204 e. The number of fused-ring (bicyclic) bond motifs is 1. The molecule has 5 heteroatoms. The summed E-state index contributed by atoms with van der Waals surface area (Å²) in [5.41, 5.74) is 7.31. The van der Waals surface area contributed by atoms with Gasteiger partial charge in [0.25, 0.3) is 0 Å². The first-order valence-electron chi connectivity index (χ1n) is 6.14. The fourth-order valence-electron chi connectivity index (χ4n) is 2.22. The molecule has 1 saturated carbocycles. The van der Waals surface area contributed by atoms with Crippen LogP contribution in [0.1, 0.15) is 24.0 Å². The van der Waals surface area contributed by atoms with E-state index in [1.54, 1.807) is 18.2 Å². The monoisotopic (exact) mass is 264 g/mol. The number of sulfone groups is 1. The Morgan fingerprint density at radius 1 is 1.33 bits per heavy atom. The molecule has 1 aliphatic heterocycles. The summed E-state index contributed by atoms with van der Waals surface area (Å²) in [4.78, 5) is 0.864. The SMILES string of the molecule is NCc1cccc2c1C=C(CNC1CC1)S2(=O)=O. The van der Waals surface area contributed by atoms with Gasteiger partial charge in [0.15, 0.2) is 0 Å². The molecule has 2 aliphatic rings. The van der Waals surface area contributed by atoms with E-state index in [1.807, 2.05) is 6.07 Å². The number of nitrogens with two attached hydrogens (primary N) is 1. The van der Waals surface area contributed by atoms with Gasteiger partial charge in [-0.1, -0.05) is 12.1 Å². The Bertz CT molecular complexity index is 616. The third-order valence-corrected chi connectivity index (χ3v) is 5.35. The lowest BCUT2D eigenvalue weighted by molar-refractivity contribution is 0.600. The predicted molar refractivity (Wildman–Crippen MR) is 70.5 cm³/mol. The molecule has 3 rings (SSSR count). The Morgan fingerprint density at radius 3 is 2.78 bits per heavy atom. The molecule has 0 radical (unpaired) electrons. The van der Waals surface area contributed by atoms with Crippen LogP contribution in [-0.4, -0.2) is 21.0 Å². The normalized spacial score (nSPS) is 20.6. The summed E-state index contributed by atoms with van der Waals surface area (Å²) in [6.45, 7) is 0.782. The number of hydrogen-bond donors (Lipinski definition) is 2. The largest absolute Gasteiger partial charge is 0.326 e. The first-order valence-corrected chi connectivity index (χ1v) is 7.62. The average molecular weight is 264 g/mol. The average Bonchev–Trinajstić information content (AvgIpc) is 3.14. The maximum atomic E-state index is 12.3. The van der Waals surface area contributed by atoms with Crippen molar-refractivity contribution in [2.24, 2.45) is 5.73 Å². The summed E-state index contributed by atoms with van der Waals surface area (Å²) in [6, 6.07) is 5.79. The van der Waals surface area contributed by atoms with E-state index < -0.39 is 9.84 Å². The summed E-state index contributed by atoms with van der Waals surface area (Å²) < 4.78 is 24.7. The van der Waals surface area contributed by atoms with E-state index in [0.717, 1.165) is 24.0 Å². The van der Waals surface area contributed by atoms with Crippen LogP contribution in [0.25, 0.3) is 6.08 Å². The second kappa shape index (κ2) is 4.19. The minimum atomic E-state index is -3.30. The molecule has 1 aromatic carbocycles. The highest BCUT2D eigenvalue weighted by molar-refractivity contribution is 7.95. The lowest BCUT2D eigenvalue weighted by atomic mass is 10.1. The van der Waals surface area contributed by atoms with E-state index in [0.29, 0.717) is 28.9 Å². The van der Waals surface area contributed by atoms with Gasteiger partial charge >= 0.3 is 0 Å². The Balaban J connectivity index is 1.97. The van der Waals surface area contributed by atoms with Gasteiger partial charge in [-0.2, -0.15) is 0 Å². The summed E-state index contributed by atoms with van der Waals surface area (Å²) in [5, 5.41) is 3.25. The van der Waals surface area contributed by atoms with E-state index in [1.165, 1.54) is 0 Å². The van der Waals surface area contributed by atoms with Crippen molar-refractivity contribution in [3.05, 3.63) is 34.2 Å². The van der Waals surface area contributed by atoms with Crippen molar-refractivity contribution < 1.29 is 8.42 Å². The van der Waals surface area contributed by atoms with Gasteiger partial charge in [-0.15, -0.1) is 0 Å². The fraction of sp³-hybridized carbons (Fsp3) is 0.385. The predicted octanol–water partition coefficient (Wildman–Crippen LogP) is 1.03. The molecule has 0 spiro atoms. The fourth-order valence-corrected chi connectivity index (χ4v) is 3.79. The first kappa shape index (κ1) is 11.9. The van der Waals surface area contributed by atoms with Crippen LogP contribution in [-0.2, 0) is 16.4 Å². The van der Waals surface area contributed by atoms with Gasteiger partial charge in [0.1, 0.15) is 0 Å². The van der Waals surface area contributed by atoms with E-state index in [2.05, 4.69) is 5.32 Å². The Kier molecular flexibility index (Phi) is 2.77. The molecule has 0 bridgehead atoms. The van der Waals surface area contributed by atoms with Crippen molar-refractivity contribution in [2.75, 3.05) is 6.54 Å². The Labute approximate surface area is 107 Å². The summed E-state index contributed by atoms with van der Waals surface area (Å²) in [7, 11) is -3.30.